The molecule has 1 rings (SSSR count). The van der Waals surface area contributed by atoms with Crippen molar-refractivity contribution in [3.8, 4) is 0 Å². The van der Waals surface area contributed by atoms with E-state index in [1.807, 2.05) is 0 Å². The molecule has 0 aliphatic carbocycles. The Kier molecular flexibility index (Phi) is 5.09. The van der Waals surface area contributed by atoms with Gasteiger partial charge in [0.1, 0.15) is 11.6 Å². The maximum atomic E-state index is 13.6. The smallest absolute Gasteiger partial charge is 0.132 e. The first kappa shape index (κ1) is 13.3. The normalized spacial score (nSPS) is 12.5. The van der Waals surface area contributed by atoms with E-state index in [9.17, 15) is 8.78 Å². The average Bonchev–Trinajstić information content (AvgIpc) is 2.21. The second-order valence-corrected chi connectivity index (χ2v) is 4.41. The second-order valence-electron chi connectivity index (χ2n) is 3.49. The maximum absolute atomic E-state index is 13.6. The number of benzene rings is 1. The lowest BCUT2D eigenvalue weighted by Crippen LogP contribution is -2.19. The molecule has 0 aromatic heterocycles. The lowest BCUT2D eigenvalue weighted by Gasteiger charge is -2.17. The van der Waals surface area contributed by atoms with E-state index in [1.165, 1.54) is 12.1 Å². The van der Waals surface area contributed by atoms with Gasteiger partial charge in [0.2, 0.25) is 0 Å². The molecule has 0 spiro atoms. The van der Waals surface area contributed by atoms with Crippen LogP contribution in [0, 0.1) is 11.6 Å². The molecule has 1 aromatic rings. The quantitative estimate of drug-likeness (QED) is 0.810. The zero-order chi connectivity index (χ0) is 12.1. The molecule has 0 heterocycles. The van der Waals surface area contributed by atoms with Crippen LogP contribution >= 0.6 is 15.9 Å². The molecule has 1 aromatic carbocycles. The number of nitrogens with one attached hydrogen (secondary N) is 1. The van der Waals surface area contributed by atoms with Gasteiger partial charge in [-0.05, 0) is 32.0 Å². The van der Waals surface area contributed by atoms with Crippen LogP contribution in [0.3, 0.4) is 0 Å². The topological polar surface area (TPSA) is 12.0 Å². The summed E-state index contributed by atoms with van der Waals surface area (Å²) in [7, 11) is 1.69. The predicted octanol–water partition coefficient (Wildman–Crippen LogP) is 3.95. The second kappa shape index (κ2) is 6.11. The van der Waals surface area contributed by atoms with Crippen LogP contribution in [0.5, 0.6) is 0 Å². The molecule has 1 N–H and O–H groups in total. The van der Waals surface area contributed by atoms with Crippen molar-refractivity contribution in [1.82, 2.24) is 5.32 Å². The minimum absolute atomic E-state index is 0.0903. The highest BCUT2D eigenvalue weighted by molar-refractivity contribution is 9.10. The Morgan fingerprint density at radius 1 is 1.44 bits per heavy atom. The Morgan fingerprint density at radius 2 is 2.00 bits per heavy atom. The lowest BCUT2D eigenvalue weighted by molar-refractivity contribution is 0.473. The summed E-state index contributed by atoms with van der Waals surface area (Å²) in [5.74, 6) is -1.06. The molecule has 4 heteroatoms. The van der Waals surface area contributed by atoms with Crippen molar-refractivity contribution < 1.29 is 8.78 Å². The van der Waals surface area contributed by atoms with Crippen LogP contribution in [0.15, 0.2) is 29.3 Å². The Labute approximate surface area is 103 Å². The number of rotatable bonds is 5. The Hall–Kier alpha value is -0.740. The van der Waals surface area contributed by atoms with Crippen molar-refractivity contribution in [2.24, 2.45) is 0 Å². The van der Waals surface area contributed by atoms with E-state index in [0.29, 0.717) is 17.3 Å². The molecule has 0 saturated carbocycles. The van der Waals surface area contributed by atoms with Crippen LogP contribution < -0.4 is 5.32 Å². The van der Waals surface area contributed by atoms with Gasteiger partial charge in [-0.3, -0.25) is 0 Å². The van der Waals surface area contributed by atoms with Crippen molar-refractivity contribution >= 4 is 15.9 Å². The van der Waals surface area contributed by atoms with Gasteiger partial charge in [0.25, 0.3) is 0 Å². The van der Waals surface area contributed by atoms with Crippen molar-refractivity contribution in [1.29, 1.82) is 0 Å². The summed E-state index contributed by atoms with van der Waals surface area (Å²) in [5.41, 5.74) is 0.0903. The van der Waals surface area contributed by atoms with Gasteiger partial charge in [-0.1, -0.05) is 22.0 Å². The van der Waals surface area contributed by atoms with Crippen LogP contribution in [0.2, 0.25) is 0 Å². The molecule has 88 valence electrons. The van der Waals surface area contributed by atoms with Gasteiger partial charge in [-0.25, -0.2) is 8.78 Å². The predicted molar refractivity (Wildman–Crippen MR) is 65.3 cm³/mol. The van der Waals surface area contributed by atoms with Crippen molar-refractivity contribution in [3.63, 3.8) is 0 Å². The minimum atomic E-state index is -0.532. The van der Waals surface area contributed by atoms with Gasteiger partial charge in [-0.15, -0.1) is 6.58 Å². The molecule has 1 nitrogen and oxygen atoms in total. The summed E-state index contributed by atoms with van der Waals surface area (Å²) in [6, 6.07) is 2.22. The van der Waals surface area contributed by atoms with Gasteiger partial charge in [-0.2, -0.15) is 0 Å². The number of halogens is 3. The van der Waals surface area contributed by atoms with E-state index in [2.05, 4.69) is 27.8 Å². The maximum Gasteiger partial charge on any atom is 0.132 e. The van der Waals surface area contributed by atoms with Crippen LogP contribution in [0.1, 0.15) is 24.4 Å². The van der Waals surface area contributed by atoms with Crippen LogP contribution in [0.25, 0.3) is 0 Å². The van der Waals surface area contributed by atoms with Gasteiger partial charge in [0, 0.05) is 16.1 Å². The highest BCUT2D eigenvalue weighted by Crippen LogP contribution is 2.27. The zero-order valence-corrected chi connectivity index (χ0v) is 10.7. The number of hydrogen-bond acceptors (Lipinski definition) is 1. The summed E-state index contributed by atoms with van der Waals surface area (Å²) in [5, 5.41) is 2.91. The molecule has 1 atom stereocenters. The Balaban J connectivity index is 3.04. The minimum Gasteiger partial charge on any atom is -0.313 e. The average molecular weight is 290 g/mol. The third kappa shape index (κ3) is 3.12. The fourth-order valence-corrected chi connectivity index (χ4v) is 2.01. The van der Waals surface area contributed by atoms with E-state index in [1.54, 1.807) is 13.1 Å². The molecular weight excluding hydrogens is 276 g/mol. The van der Waals surface area contributed by atoms with Crippen molar-refractivity contribution in [2.75, 3.05) is 7.05 Å². The third-order valence-electron chi connectivity index (χ3n) is 2.40. The van der Waals surface area contributed by atoms with Gasteiger partial charge in [0.15, 0.2) is 0 Å². The molecular formula is C12H14BrF2N. The third-order valence-corrected chi connectivity index (χ3v) is 2.86. The van der Waals surface area contributed by atoms with Gasteiger partial charge >= 0.3 is 0 Å². The van der Waals surface area contributed by atoms with Gasteiger partial charge < -0.3 is 5.32 Å². The van der Waals surface area contributed by atoms with E-state index < -0.39 is 11.6 Å². The molecule has 0 aliphatic heterocycles. The molecule has 1 unspecified atom stereocenters. The standard InChI is InChI=1S/C12H14BrF2N/c1-3-4-5-11(16-2)12-9(14)6-8(13)7-10(12)15/h3,6-7,11,16H,1,4-5H2,2H3. The summed E-state index contributed by atoms with van der Waals surface area (Å²) < 4.78 is 27.7. The monoisotopic (exact) mass is 289 g/mol. The van der Waals surface area contributed by atoms with Crippen LogP contribution in [-0.4, -0.2) is 7.05 Å². The van der Waals surface area contributed by atoms with E-state index in [4.69, 9.17) is 0 Å². The first-order valence-corrected chi connectivity index (χ1v) is 5.82. The first-order valence-electron chi connectivity index (χ1n) is 5.02. The molecule has 0 saturated heterocycles. The van der Waals surface area contributed by atoms with Gasteiger partial charge in [0.05, 0.1) is 0 Å². The Bertz CT molecular complexity index is 356. The SMILES string of the molecule is C=CCCC(NC)c1c(F)cc(Br)cc1F. The fraction of sp³-hybridized carbons (Fsp3) is 0.333. The summed E-state index contributed by atoms with van der Waals surface area (Å²) >= 11 is 3.05. The van der Waals surface area contributed by atoms with E-state index >= 15 is 0 Å². The first-order chi connectivity index (χ1) is 7.60. The molecule has 0 radical (unpaired) electrons. The molecule has 0 bridgehead atoms. The fourth-order valence-electron chi connectivity index (χ4n) is 1.60. The Morgan fingerprint density at radius 3 is 2.44 bits per heavy atom. The highest BCUT2D eigenvalue weighted by Gasteiger charge is 2.18. The number of hydrogen-bond donors (Lipinski definition) is 1. The van der Waals surface area contributed by atoms with Crippen molar-refractivity contribution in [2.45, 2.75) is 18.9 Å². The van der Waals surface area contributed by atoms with E-state index in [0.717, 1.165) is 0 Å². The molecule has 0 amide bonds. The van der Waals surface area contributed by atoms with Crippen LogP contribution in [0.4, 0.5) is 8.78 Å². The van der Waals surface area contributed by atoms with Crippen LogP contribution in [-0.2, 0) is 0 Å². The lowest BCUT2D eigenvalue weighted by atomic mass is 10.0. The summed E-state index contributed by atoms with van der Waals surface area (Å²) in [6.45, 7) is 3.60. The molecule has 0 fully saturated rings. The number of allylic oxidation sites excluding steroid dienone is 1. The summed E-state index contributed by atoms with van der Waals surface area (Å²) in [4.78, 5) is 0. The molecule has 0 aliphatic rings. The van der Waals surface area contributed by atoms with E-state index in [-0.39, 0.29) is 11.6 Å². The molecule has 16 heavy (non-hydrogen) atoms. The zero-order valence-electron chi connectivity index (χ0n) is 9.06. The highest BCUT2D eigenvalue weighted by atomic mass is 79.9. The van der Waals surface area contributed by atoms with Crippen molar-refractivity contribution in [3.05, 3.63) is 46.5 Å². The largest absolute Gasteiger partial charge is 0.313 e. The summed E-state index contributed by atoms with van der Waals surface area (Å²) in [6.07, 6.45) is 3.06.